The van der Waals surface area contributed by atoms with Crippen molar-refractivity contribution in [1.29, 1.82) is 0 Å². The summed E-state index contributed by atoms with van der Waals surface area (Å²) in [5.41, 5.74) is 13.4. The van der Waals surface area contributed by atoms with Crippen molar-refractivity contribution in [2.45, 2.75) is 68.1 Å². The predicted molar refractivity (Wildman–Crippen MR) is 162 cm³/mol. The van der Waals surface area contributed by atoms with Gasteiger partial charge in [0, 0.05) is 0 Å². The molecule has 0 N–H and O–H groups in total. The number of benzene rings is 2. The van der Waals surface area contributed by atoms with Crippen LogP contribution in [0.5, 0.6) is 0 Å². The molecule has 6 rings (SSSR count). The van der Waals surface area contributed by atoms with Crippen LogP contribution in [-0.2, 0) is 17.1 Å². The summed E-state index contributed by atoms with van der Waals surface area (Å²) in [6.07, 6.45) is 16.0. The van der Waals surface area contributed by atoms with Crippen LogP contribution in [0.25, 0.3) is 11.1 Å². The van der Waals surface area contributed by atoms with E-state index in [9.17, 15) is 0 Å². The monoisotopic (exact) mass is 702 g/mol. The molecule has 36 heavy (non-hydrogen) atoms. The van der Waals surface area contributed by atoms with Gasteiger partial charge in [-0.05, 0) is 0 Å². The molecule has 4 heteroatoms. The molecule has 0 radical (unpaired) electrons. The van der Waals surface area contributed by atoms with E-state index in [0.29, 0.717) is 7.35 Å². The molecule has 4 aliphatic rings. The van der Waals surface area contributed by atoms with Crippen LogP contribution in [0.3, 0.4) is 0 Å². The second-order valence-corrected chi connectivity index (χ2v) is 55.8. The predicted octanol–water partition coefficient (Wildman–Crippen LogP) is 9.68. The third-order valence-electron chi connectivity index (χ3n) is 9.20. The van der Waals surface area contributed by atoms with Crippen LogP contribution >= 0.6 is 24.8 Å². The van der Waals surface area contributed by atoms with E-state index in [1.165, 1.54) is 62.5 Å². The summed E-state index contributed by atoms with van der Waals surface area (Å²) >= 11 is -3.61. The van der Waals surface area contributed by atoms with Crippen molar-refractivity contribution >= 4 is 42.9 Å². The third-order valence-corrected chi connectivity index (χ3v) is 34.2. The van der Waals surface area contributed by atoms with Crippen molar-refractivity contribution in [1.82, 2.24) is 0 Å². The zero-order chi connectivity index (χ0) is 23.4. The second kappa shape index (κ2) is 10.7. The molecule has 0 spiro atoms. The summed E-state index contributed by atoms with van der Waals surface area (Å²) in [4.78, 5) is 0. The van der Waals surface area contributed by atoms with E-state index in [1.807, 2.05) is 11.1 Å². The third kappa shape index (κ3) is 4.70. The van der Waals surface area contributed by atoms with Crippen LogP contribution in [0.4, 0.5) is 0 Å². The SMILES string of the molecule is Cl.Cl.[CH3][Hf]([CH3])(=[SiH2])([CH]1C(c2ccccc2)=CC2=C1CCCC2)[CH]1C(c2ccccc2)=CC2=C1CCCC2. The molecule has 190 valence electrons. The van der Waals surface area contributed by atoms with Crippen molar-refractivity contribution in [3.63, 3.8) is 0 Å². The number of allylic oxidation sites excluding steroid dienone is 8. The molecule has 0 bridgehead atoms. The average Bonchev–Trinajstić information content (AvgIpc) is 3.46. The first kappa shape index (κ1) is 28.1. The first-order valence-electron chi connectivity index (χ1n) is 13.5. The van der Waals surface area contributed by atoms with Crippen molar-refractivity contribution < 1.29 is 17.1 Å². The fourth-order valence-electron chi connectivity index (χ4n) is 7.90. The van der Waals surface area contributed by atoms with Crippen molar-refractivity contribution in [2.75, 3.05) is 0 Å². The van der Waals surface area contributed by atoms with Gasteiger partial charge in [-0.2, -0.15) is 0 Å². The first-order chi connectivity index (χ1) is 16.4. The van der Waals surface area contributed by atoms with Gasteiger partial charge in [0.15, 0.2) is 0 Å². The molecule has 0 saturated carbocycles. The minimum atomic E-state index is -3.61. The molecule has 2 atom stereocenters. The second-order valence-electron chi connectivity index (χ2n) is 12.2. The maximum absolute atomic E-state index is 3.61. The molecule has 0 fully saturated rings. The van der Waals surface area contributed by atoms with Crippen LogP contribution in [0.2, 0.25) is 16.7 Å². The van der Waals surface area contributed by atoms with E-state index in [4.69, 9.17) is 0 Å². The maximum atomic E-state index is 2.84. The van der Waals surface area contributed by atoms with Gasteiger partial charge in [0.25, 0.3) is 0 Å². The van der Waals surface area contributed by atoms with Gasteiger partial charge in [-0.25, -0.2) is 0 Å². The van der Waals surface area contributed by atoms with Gasteiger partial charge in [-0.3, -0.25) is 0 Å². The van der Waals surface area contributed by atoms with Crippen LogP contribution < -0.4 is 0 Å². The van der Waals surface area contributed by atoms with Gasteiger partial charge >= 0.3 is 210 Å². The Labute approximate surface area is 232 Å². The van der Waals surface area contributed by atoms with Crippen molar-refractivity contribution in [3.8, 4) is 0 Å². The van der Waals surface area contributed by atoms with Crippen LogP contribution in [0, 0.1) is 0 Å². The topological polar surface area (TPSA) is 0 Å². The Kier molecular flexibility index (Phi) is 8.33. The van der Waals surface area contributed by atoms with E-state index < -0.39 is 17.1 Å². The average molecular weight is 702 g/mol. The fraction of sp³-hybridized carbons (Fsp3) is 0.375. The molecule has 4 aliphatic carbocycles. The molecule has 0 saturated heterocycles. The number of hydrogen-bond donors (Lipinski definition) is 0. The van der Waals surface area contributed by atoms with Gasteiger partial charge in [-0.15, -0.1) is 24.8 Å². The fourth-order valence-corrected chi connectivity index (χ4v) is 36.5. The Morgan fingerprint density at radius 1 is 0.583 bits per heavy atom. The summed E-state index contributed by atoms with van der Waals surface area (Å²) in [7, 11) is 0. The molecular formula is C32H40Cl2HfSi. The van der Waals surface area contributed by atoms with Gasteiger partial charge < -0.3 is 0 Å². The molecule has 0 aliphatic heterocycles. The molecule has 2 aromatic rings. The molecular weight excluding hydrogens is 662 g/mol. The summed E-state index contributed by atoms with van der Waals surface area (Å²) in [6.45, 7) is 2.54. The van der Waals surface area contributed by atoms with Gasteiger partial charge in [0.2, 0.25) is 0 Å². The Bertz CT molecular complexity index is 1230. The van der Waals surface area contributed by atoms with E-state index in [0.717, 1.165) is 0 Å². The van der Waals surface area contributed by atoms with Gasteiger partial charge in [0.1, 0.15) is 0 Å². The standard InChI is InChI=1S/2C15H15.2CH3.2ClH.Hf.H2Si/c2*1-2-6-12(7-3-1)15-10-13-8-4-5-9-14(13)11-15;;;;;;/h2*1-3,6-7,10-11H,4-5,8-9H2;2*1H3;2*1H;;1H2. The number of halogens is 2. The molecule has 0 heterocycles. The normalized spacial score (nSPS) is 23.8. The summed E-state index contributed by atoms with van der Waals surface area (Å²) in [5.74, 6) is 0. The molecule has 2 unspecified atom stereocenters. The van der Waals surface area contributed by atoms with Crippen molar-refractivity contribution in [3.05, 3.63) is 106 Å². The Balaban J connectivity index is 0.00000152. The zero-order valence-corrected chi connectivity index (χ0v) is 28.4. The molecule has 0 nitrogen and oxygen atoms in total. The summed E-state index contributed by atoms with van der Waals surface area (Å²) in [6, 6.07) is 22.8. The zero-order valence-electron chi connectivity index (χ0n) is 21.8. The number of hydrogen-bond acceptors (Lipinski definition) is 0. The molecule has 0 amide bonds. The van der Waals surface area contributed by atoms with Gasteiger partial charge in [-0.1, -0.05) is 0 Å². The van der Waals surface area contributed by atoms with E-state index in [-0.39, 0.29) is 24.8 Å². The number of rotatable bonds is 4. The van der Waals surface area contributed by atoms with Crippen LogP contribution in [0.15, 0.2) is 95.1 Å². The van der Waals surface area contributed by atoms with Crippen LogP contribution in [-0.4, -0.2) is 6.94 Å². The first-order valence-corrected chi connectivity index (χ1v) is 33.1. The minimum absolute atomic E-state index is 0. The van der Waals surface area contributed by atoms with E-state index in [1.54, 1.807) is 22.3 Å². The Hall–Kier alpha value is -0.933. The van der Waals surface area contributed by atoms with Gasteiger partial charge in [0.05, 0.1) is 0 Å². The molecule has 2 aromatic carbocycles. The van der Waals surface area contributed by atoms with Crippen molar-refractivity contribution in [2.24, 2.45) is 0 Å². The molecule has 0 aromatic heterocycles. The quantitative estimate of drug-likeness (QED) is 0.279. The summed E-state index contributed by atoms with van der Waals surface area (Å²) in [5, 5.41) is 0. The van der Waals surface area contributed by atoms with E-state index >= 15 is 0 Å². The van der Waals surface area contributed by atoms with Crippen LogP contribution in [0.1, 0.15) is 62.5 Å². The Morgan fingerprint density at radius 3 is 1.33 bits per heavy atom. The summed E-state index contributed by atoms with van der Waals surface area (Å²) < 4.78 is 7.04. The Morgan fingerprint density at radius 2 is 0.944 bits per heavy atom. The van der Waals surface area contributed by atoms with E-state index in [2.05, 4.69) is 89.1 Å².